The third-order valence-corrected chi connectivity index (χ3v) is 6.79. The molecule has 1 fully saturated rings. The summed E-state index contributed by atoms with van der Waals surface area (Å²) in [6.45, 7) is 3.37. The molecule has 1 aliphatic heterocycles. The number of carbonyl (C=O) groups is 4. The Kier molecular flexibility index (Phi) is 6.41. The van der Waals surface area contributed by atoms with Crippen molar-refractivity contribution in [3.8, 4) is 0 Å². The van der Waals surface area contributed by atoms with Gasteiger partial charge in [0.25, 0.3) is 17.7 Å². The molecule has 0 radical (unpaired) electrons. The molecule has 170 valence electrons. The van der Waals surface area contributed by atoms with Gasteiger partial charge in [0.2, 0.25) is 0 Å². The number of hydrazine groups is 1. The minimum atomic E-state index is -1.14. The average molecular weight is 485 g/mol. The summed E-state index contributed by atoms with van der Waals surface area (Å²) >= 11 is 12.3. The minimum Gasteiger partial charge on any atom is -0.292 e. The average Bonchev–Trinajstić information content (AvgIpc) is 3.05. The van der Waals surface area contributed by atoms with Gasteiger partial charge in [0, 0.05) is 10.6 Å². The predicted molar refractivity (Wildman–Crippen MR) is 125 cm³/mol. The van der Waals surface area contributed by atoms with Gasteiger partial charge in [-0.2, -0.15) is 5.01 Å². The van der Waals surface area contributed by atoms with Gasteiger partial charge in [0.05, 0.1) is 22.4 Å². The van der Waals surface area contributed by atoms with Crippen LogP contribution in [0.5, 0.6) is 0 Å². The van der Waals surface area contributed by atoms with Gasteiger partial charge in [-0.15, -0.1) is 0 Å². The Morgan fingerprint density at radius 3 is 2.39 bits per heavy atom. The normalized spacial score (nSPS) is 22.8. The van der Waals surface area contributed by atoms with Crippen molar-refractivity contribution < 1.29 is 19.2 Å². The first kappa shape index (κ1) is 23.2. The number of rotatable bonds is 5. The third kappa shape index (κ3) is 4.09. The first-order valence-electron chi connectivity index (χ1n) is 10.6. The Bertz CT molecular complexity index is 1160. The molecule has 1 heterocycles. The van der Waals surface area contributed by atoms with Crippen LogP contribution in [0.2, 0.25) is 10.0 Å². The molecule has 8 heteroatoms. The van der Waals surface area contributed by atoms with Gasteiger partial charge in [-0.25, -0.2) is 5.01 Å². The molecule has 1 aliphatic carbocycles. The van der Waals surface area contributed by atoms with Crippen molar-refractivity contribution in [1.82, 2.24) is 10.0 Å². The van der Waals surface area contributed by atoms with Crippen LogP contribution in [0, 0.1) is 17.8 Å². The molecule has 0 bridgehead atoms. The van der Waals surface area contributed by atoms with Crippen molar-refractivity contribution in [2.75, 3.05) is 0 Å². The number of hydrogen-bond acceptors (Lipinski definition) is 4. The van der Waals surface area contributed by atoms with E-state index in [1.54, 1.807) is 30.3 Å². The molecule has 0 spiro atoms. The smallest absolute Gasteiger partial charge is 0.275 e. The number of allylic oxidation sites excluding steroid dienone is 2. The number of amides is 3. The second-order valence-corrected chi connectivity index (χ2v) is 9.17. The van der Waals surface area contributed by atoms with E-state index in [0.717, 1.165) is 10.0 Å². The highest BCUT2D eigenvalue weighted by atomic mass is 35.5. The van der Waals surface area contributed by atoms with Crippen LogP contribution < -0.4 is 0 Å². The quantitative estimate of drug-likeness (QED) is 0.346. The lowest BCUT2D eigenvalue weighted by atomic mass is 9.78. The van der Waals surface area contributed by atoms with Crippen LogP contribution in [0.4, 0.5) is 0 Å². The Morgan fingerprint density at radius 1 is 1.06 bits per heavy atom. The fourth-order valence-corrected chi connectivity index (χ4v) is 5.01. The SMILES string of the molecule is C[C@@H]1C=CC[C@@H]2C(=O)N(N(C(=O)c3ccc(Cl)cc3Cl)[C@@H](C)C(=O)c3ccccc3)C(=O)[C@H]12. The number of nitrogens with zero attached hydrogens (tertiary/aromatic N) is 2. The molecule has 33 heavy (non-hydrogen) atoms. The van der Waals surface area contributed by atoms with Crippen LogP contribution in [0.15, 0.2) is 60.7 Å². The van der Waals surface area contributed by atoms with Crippen molar-refractivity contribution in [3.63, 3.8) is 0 Å². The lowest BCUT2D eigenvalue weighted by molar-refractivity contribution is -0.156. The number of imide groups is 1. The van der Waals surface area contributed by atoms with Crippen molar-refractivity contribution >= 4 is 46.7 Å². The highest BCUT2D eigenvalue weighted by Gasteiger charge is 2.54. The second kappa shape index (κ2) is 9.12. The number of fused-ring (bicyclic) bond motifs is 1. The Hall–Kier alpha value is -2.96. The molecular formula is C25H22Cl2N2O4. The van der Waals surface area contributed by atoms with E-state index >= 15 is 0 Å². The zero-order valence-electron chi connectivity index (χ0n) is 18.1. The van der Waals surface area contributed by atoms with Crippen LogP contribution in [0.1, 0.15) is 41.0 Å². The van der Waals surface area contributed by atoms with Crippen LogP contribution in [-0.2, 0) is 9.59 Å². The molecule has 1 saturated heterocycles. The van der Waals surface area contributed by atoms with Crippen LogP contribution in [0.25, 0.3) is 0 Å². The van der Waals surface area contributed by atoms with E-state index in [1.807, 2.05) is 19.1 Å². The van der Waals surface area contributed by atoms with E-state index in [9.17, 15) is 19.2 Å². The number of benzene rings is 2. The number of halogens is 2. The highest BCUT2D eigenvalue weighted by molar-refractivity contribution is 6.36. The second-order valence-electron chi connectivity index (χ2n) is 8.32. The Morgan fingerprint density at radius 2 is 1.76 bits per heavy atom. The molecule has 6 nitrogen and oxygen atoms in total. The molecule has 2 aromatic rings. The zero-order chi connectivity index (χ0) is 23.9. The third-order valence-electron chi connectivity index (χ3n) is 6.24. The molecule has 0 unspecified atom stereocenters. The summed E-state index contributed by atoms with van der Waals surface area (Å²) in [5, 5.41) is 2.21. The summed E-state index contributed by atoms with van der Waals surface area (Å²) in [5.41, 5.74) is 0.395. The molecule has 0 N–H and O–H groups in total. The van der Waals surface area contributed by atoms with Crippen LogP contribution >= 0.6 is 23.2 Å². The summed E-state index contributed by atoms with van der Waals surface area (Å²) in [7, 11) is 0. The maximum Gasteiger partial charge on any atom is 0.275 e. The molecule has 2 aliphatic rings. The van der Waals surface area contributed by atoms with E-state index in [1.165, 1.54) is 25.1 Å². The van der Waals surface area contributed by atoms with Gasteiger partial charge >= 0.3 is 0 Å². The van der Waals surface area contributed by atoms with Crippen LogP contribution in [-0.4, -0.2) is 39.6 Å². The van der Waals surface area contributed by atoms with Gasteiger partial charge < -0.3 is 0 Å². The molecule has 4 rings (SSSR count). The van der Waals surface area contributed by atoms with Gasteiger partial charge in [0.15, 0.2) is 5.78 Å². The van der Waals surface area contributed by atoms with Crippen molar-refractivity contribution in [3.05, 3.63) is 81.9 Å². The minimum absolute atomic E-state index is 0.0374. The fourth-order valence-electron chi connectivity index (χ4n) is 4.52. The van der Waals surface area contributed by atoms with E-state index in [0.29, 0.717) is 17.0 Å². The standard InChI is InChI=1S/C25H22Cl2N2O4/c1-14-7-6-10-19-21(14)25(33)29(24(19)32)28(15(2)22(30)16-8-4-3-5-9-16)23(31)18-12-11-17(26)13-20(18)27/h3-9,11-15,19,21H,10H2,1-2H3/t14-,15+,19+,21-/m1/s1. The maximum absolute atomic E-state index is 13.7. The zero-order valence-corrected chi connectivity index (χ0v) is 19.6. The van der Waals surface area contributed by atoms with Gasteiger partial charge in [-0.05, 0) is 37.5 Å². The first-order chi connectivity index (χ1) is 15.7. The molecule has 4 atom stereocenters. The first-order valence-corrected chi connectivity index (χ1v) is 11.4. The number of hydrogen-bond donors (Lipinski definition) is 0. The van der Waals surface area contributed by atoms with Gasteiger partial charge in [-0.3, -0.25) is 19.2 Å². The van der Waals surface area contributed by atoms with E-state index in [4.69, 9.17) is 23.2 Å². The molecule has 3 amide bonds. The number of Topliss-reactive ketones (excluding diaryl/α,β-unsaturated/α-hetero) is 1. The fraction of sp³-hybridized carbons (Fsp3) is 0.280. The summed E-state index contributed by atoms with van der Waals surface area (Å²) in [6.07, 6.45) is 4.18. The highest BCUT2D eigenvalue weighted by Crippen LogP contribution is 2.40. The van der Waals surface area contributed by atoms with Gasteiger partial charge in [0.1, 0.15) is 6.04 Å². The summed E-state index contributed by atoms with van der Waals surface area (Å²) in [4.78, 5) is 53.8. The molecule has 2 aromatic carbocycles. The van der Waals surface area contributed by atoms with E-state index in [2.05, 4.69) is 0 Å². The summed E-state index contributed by atoms with van der Waals surface area (Å²) < 4.78 is 0. The lowest BCUT2D eigenvalue weighted by Gasteiger charge is -2.35. The van der Waals surface area contributed by atoms with Crippen molar-refractivity contribution in [2.24, 2.45) is 17.8 Å². The summed E-state index contributed by atoms with van der Waals surface area (Å²) in [6, 6.07) is 11.6. The topological polar surface area (TPSA) is 74.8 Å². The number of carbonyl (C=O) groups excluding carboxylic acids is 4. The lowest BCUT2D eigenvalue weighted by Crippen LogP contribution is -2.56. The van der Waals surface area contributed by atoms with E-state index in [-0.39, 0.29) is 16.5 Å². The molecule has 0 saturated carbocycles. The molecular weight excluding hydrogens is 463 g/mol. The monoisotopic (exact) mass is 484 g/mol. The predicted octanol–water partition coefficient (Wildman–Crippen LogP) is 4.82. The summed E-state index contributed by atoms with van der Waals surface area (Å²) in [5.74, 6) is -3.45. The van der Waals surface area contributed by atoms with Crippen LogP contribution in [0.3, 0.4) is 0 Å². The van der Waals surface area contributed by atoms with E-state index < -0.39 is 41.4 Å². The maximum atomic E-state index is 13.7. The Balaban J connectivity index is 1.79. The van der Waals surface area contributed by atoms with Gasteiger partial charge in [-0.1, -0.05) is 72.6 Å². The molecule has 0 aromatic heterocycles. The van der Waals surface area contributed by atoms with Crippen molar-refractivity contribution in [1.29, 1.82) is 0 Å². The van der Waals surface area contributed by atoms with Crippen molar-refractivity contribution in [2.45, 2.75) is 26.3 Å². The number of ketones is 1. The Labute approximate surface area is 201 Å². The largest absolute Gasteiger partial charge is 0.292 e.